The minimum atomic E-state index is 0.00359. The maximum Gasteiger partial charge on any atom is 0.257 e. The molecular formula is C19H26N2O4. The van der Waals surface area contributed by atoms with Gasteiger partial charge < -0.3 is 19.1 Å². The van der Waals surface area contributed by atoms with Crippen molar-refractivity contribution in [2.24, 2.45) is 5.92 Å². The second kappa shape index (κ2) is 6.84. The van der Waals surface area contributed by atoms with Crippen molar-refractivity contribution in [1.29, 1.82) is 0 Å². The highest BCUT2D eigenvalue weighted by atomic mass is 16.5. The fourth-order valence-electron chi connectivity index (χ4n) is 3.93. The second-order valence-electron chi connectivity index (χ2n) is 7.19. The van der Waals surface area contributed by atoms with Crippen molar-refractivity contribution in [3.05, 3.63) is 23.8 Å². The number of carbonyl (C=O) groups is 1. The van der Waals surface area contributed by atoms with Crippen LogP contribution in [0.1, 0.15) is 23.2 Å². The van der Waals surface area contributed by atoms with E-state index in [0.29, 0.717) is 29.6 Å². The van der Waals surface area contributed by atoms with Crippen LogP contribution in [0, 0.1) is 5.92 Å². The number of nitrogens with zero attached hydrogens (tertiary/aromatic N) is 2. The summed E-state index contributed by atoms with van der Waals surface area (Å²) in [6.07, 6.45) is 2.82. The Morgan fingerprint density at radius 3 is 2.80 bits per heavy atom. The average Bonchev–Trinajstić information content (AvgIpc) is 3.35. The Kier molecular flexibility index (Phi) is 4.56. The molecule has 3 fully saturated rings. The quantitative estimate of drug-likeness (QED) is 0.811. The van der Waals surface area contributed by atoms with E-state index in [1.54, 1.807) is 32.4 Å². The van der Waals surface area contributed by atoms with Crippen LogP contribution in [-0.4, -0.2) is 74.9 Å². The highest BCUT2D eigenvalue weighted by Gasteiger charge is 2.43. The van der Waals surface area contributed by atoms with Gasteiger partial charge in [0.1, 0.15) is 11.5 Å². The van der Waals surface area contributed by atoms with E-state index in [1.807, 2.05) is 4.90 Å². The summed E-state index contributed by atoms with van der Waals surface area (Å²) in [5, 5.41) is 0. The Morgan fingerprint density at radius 1 is 1.24 bits per heavy atom. The van der Waals surface area contributed by atoms with Crippen molar-refractivity contribution in [2.75, 3.05) is 47.0 Å². The van der Waals surface area contributed by atoms with Crippen LogP contribution in [0.15, 0.2) is 18.2 Å². The summed E-state index contributed by atoms with van der Waals surface area (Å²) in [4.78, 5) is 17.5. The summed E-state index contributed by atoms with van der Waals surface area (Å²) >= 11 is 0. The third-order valence-corrected chi connectivity index (χ3v) is 5.53. The number of morpholine rings is 1. The Morgan fingerprint density at radius 2 is 2.08 bits per heavy atom. The predicted molar refractivity (Wildman–Crippen MR) is 93.3 cm³/mol. The minimum Gasteiger partial charge on any atom is -0.497 e. The van der Waals surface area contributed by atoms with Crippen molar-refractivity contribution in [2.45, 2.75) is 25.0 Å². The molecule has 1 aromatic rings. The molecule has 2 saturated heterocycles. The number of carbonyl (C=O) groups excluding carboxylic acids is 1. The SMILES string of the molecule is COc1ccc(C(=O)N2C[C@@H]3OCCN(CC4CC4)[C@@H]3C2)c(OC)c1. The van der Waals surface area contributed by atoms with Gasteiger partial charge in [-0.05, 0) is 30.9 Å². The van der Waals surface area contributed by atoms with Gasteiger partial charge in [-0.2, -0.15) is 0 Å². The molecule has 0 aromatic heterocycles. The van der Waals surface area contributed by atoms with Gasteiger partial charge in [0.2, 0.25) is 0 Å². The summed E-state index contributed by atoms with van der Waals surface area (Å²) in [7, 11) is 3.18. The van der Waals surface area contributed by atoms with E-state index in [9.17, 15) is 4.79 Å². The first-order chi connectivity index (χ1) is 12.2. The molecule has 3 aliphatic rings. The topological polar surface area (TPSA) is 51.2 Å². The lowest BCUT2D eigenvalue weighted by Crippen LogP contribution is -2.51. The molecule has 6 heteroatoms. The number of fused-ring (bicyclic) bond motifs is 1. The lowest BCUT2D eigenvalue weighted by Gasteiger charge is -2.36. The molecule has 25 heavy (non-hydrogen) atoms. The first-order valence-corrected chi connectivity index (χ1v) is 9.06. The van der Waals surface area contributed by atoms with Crippen molar-refractivity contribution in [3.8, 4) is 11.5 Å². The van der Waals surface area contributed by atoms with Crippen molar-refractivity contribution in [1.82, 2.24) is 9.80 Å². The molecule has 0 N–H and O–H groups in total. The Balaban J connectivity index is 1.49. The zero-order valence-corrected chi connectivity index (χ0v) is 14.9. The second-order valence-corrected chi connectivity index (χ2v) is 7.19. The van der Waals surface area contributed by atoms with Gasteiger partial charge in [0.15, 0.2) is 0 Å². The van der Waals surface area contributed by atoms with Gasteiger partial charge in [0.05, 0.1) is 38.5 Å². The molecule has 1 amide bonds. The molecule has 2 heterocycles. The molecule has 1 saturated carbocycles. The largest absolute Gasteiger partial charge is 0.497 e. The van der Waals surface area contributed by atoms with Gasteiger partial charge in [-0.15, -0.1) is 0 Å². The van der Waals surface area contributed by atoms with E-state index < -0.39 is 0 Å². The highest BCUT2D eigenvalue weighted by molar-refractivity contribution is 5.97. The summed E-state index contributed by atoms with van der Waals surface area (Å²) in [5.41, 5.74) is 0.579. The molecule has 0 radical (unpaired) electrons. The van der Waals surface area contributed by atoms with E-state index in [1.165, 1.54) is 12.8 Å². The maximum atomic E-state index is 13.0. The normalized spacial score (nSPS) is 26.4. The molecule has 0 unspecified atom stereocenters. The number of ether oxygens (including phenoxy) is 3. The van der Waals surface area contributed by atoms with Gasteiger partial charge in [0, 0.05) is 32.2 Å². The molecule has 1 aliphatic carbocycles. The summed E-state index contributed by atoms with van der Waals surface area (Å²) < 4.78 is 16.6. The van der Waals surface area contributed by atoms with Crippen molar-refractivity contribution in [3.63, 3.8) is 0 Å². The van der Waals surface area contributed by atoms with Gasteiger partial charge in [-0.25, -0.2) is 0 Å². The molecule has 0 bridgehead atoms. The Hall–Kier alpha value is -1.79. The number of hydrogen-bond acceptors (Lipinski definition) is 5. The van der Waals surface area contributed by atoms with E-state index >= 15 is 0 Å². The number of benzene rings is 1. The predicted octanol–water partition coefficient (Wildman–Crippen LogP) is 1.64. The maximum absolute atomic E-state index is 13.0. The molecule has 1 aromatic carbocycles. The van der Waals surface area contributed by atoms with Crippen LogP contribution in [0.5, 0.6) is 11.5 Å². The molecule has 136 valence electrons. The van der Waals surface area contributed by atoms with Gasteiger partial charge in [-0.3, -0.25) is 9.69 Å². The van der Waals surface area contributed by atoms with Crippen LogP contribution in [0.2, 0.25) is 0 Å². The molecule has 0 spiro atoms. The molecule has 2 aliphatic heterocycles. The van der Waals surface area contributed by atoms with Gasteiger partial charge in [0.25, 0.3) is 5.91 Å². The standard InChI is InChI=1S/C19H26N2O4/c1-23-14-5-6-15(17(9-14)24-2)19(22)21-11-16-18(12-21)25-8-7-20(16)10-13-3-4-13/h5-6,9,13,16,18H,3-4,7-8,10-12H2,1-2H3/t16-,18+/m1/s1. The fraction of sp³-hybridized carbons (Fsp3) is 0.632. The molecule has 4 rings (SSSR count). The van der Waals surface area contributed by atoms with Crippen molar-refractivity contribution < 1.29 is 19.0 Å². The monoisotopic (exact) mass is 346 g/mol. The number of likely N-dealkylation sites (tertiary alicyclic amines) is 1. The first kappa shape index (κ1) is 16.7. The van der Waals surface area contributed by atoms with E-state index in [0.717, 1.165) is 32.2 Å². The number of methoxy groups -OCH3 is 2. The summed E-state index contributed by atoms with van der Waals surface area (Å²) in [5.74, 6) is 2.09. The fourth-order valence-corrected chi connectivity index (χ4v) is 3.93. The van der Waals surface area contributed by atoms with Crippen LogP contribution < -0.4 is 9.47 Å². The third-order valence-electron chi connectivity index (χ3n) is 5.53. The van der Waals surface area contributed by atoms with E-state index in [4.69, 9.17) is 14.2 Å². The van der Waals surface area contributed by atoms with Gasteiger partial charge >= 0.3 is 0 Å². The molecule has 2 atom stereocenters. The Labute approximate surface area is 148 Å². The van der Waals surface area contributed by atoms with Crippen LogP contribution >= 0.6 is 0 Å². The van der Waals surface area contributed by atoms with Crippen LogP contribution in [0.4, 0.5) is 0 Å². The lowest BCUT2D eigenvalue weighted by molar-refractivity contribution is -0.0484. The highest BCUT2D eigenvalue weighted by Crippen LogP contribution is 2.34. The summed E-state index contributed by atoms with van der Waals surface area (Å²) in [6, 6.07) is 5.66. The zero-order chi connectivity index (χ0) is 17.4. The van der Waals surface area contributed by atoms with Crippen LogP contribution in [0.25, 0.3) is 0 Å². The number of hydrogen-bond donors (Lipinski definition) is 0. The van der Waals surface area contributed by atoms with Crippen LogP contribution in [-0.2, 0) is 4.74 Å². The molecular weight excluding hydrogens is 320 g/mol. The smallest absolute Gasteiger partial charge is 0.257 e. The lowest BCUT2D eigenvalue weighted by atomic mass is 10.1. The van der Waals surface area contributed by atoms with Gasteiger partial charge in [-0.1, -0.05) is 0 Å². The van der Waals surface area contributed by atoms with E-state index in [2.05, 4.69) is 4.90 Å². The average molecular weight is 346 g/mol. The zero-order valence-electron chi connectivity index (χ0n) is 14.9. The number of amides is 1. The molecule has 6 nitrogen and oxygen atoms in total. The van der Waals surface area contributed by atoms with Crippen LogP contribution in [0.3, 0.4) is 0 Å². The minimum absolute atomic E-state index is 0.00359. The van der Waals surface area contributed by atoms with E-state index in [-0.39, 0.29) is 12.0 Å². The summed E-state index contributed by atoms with van der Waals surface area (Å²) in [6.45, 7) is 4.27. The first-order valence-electron chi connectivity index (χ1n) is 9.06. The number of rotatable bonds is 5. The third kappa shape index (κ3) is 3.33. The van der Waals surface area contributed by atoms with Crippen molar-refractivity contribution >= 4 is 5.91 Å². The Bertz CT molecular complexity index is 646.